The average Bonchev–Trinajstić information content (AvgIpc) is 2.69. The molecule has 2 bridgehead atoms. The summed E-state index contributed by atoms with van der Waals surface area (Å²) >= 11 is 0. The van der Waals surface area contributed by atoms with Gasteiger partial charge in [0.2, 0.25) is 0 Å². The molecule has 2 heteroatoms. The first kappa shape index (κ1) is 7.34. The van der Waals surface area contributed by atoms with E-state index in [1.54, 1.807) is 0 Å². The third-order valence-corrected chi connectivity index (χ3v) is 3.47. The maximum atomic E-state index is 5.78. The summed E-state index contributed by atoms with van der Waals surface area (Å²) in [5, 5.41) is 3.65. The second-order valence-corrected chi connectivity index (χ2v) is 4.57. The minimum atomic E-state index is 0.564. The Kier molecular flexibility index (Phi) is 1.66. The highest BCUT2D eigenvalue weighted by Crippen LogP contribution is 2.35. The molecule has 3 aliphatic rings. The van der Waals surface area contributed by atoms with E-state index in [0.717, 1.165) is 5.92 Å². The van der Waals surface area contributed by atoms with E-state index in [9.17, 15) is 0 Å². The molecule has 3 rings (SSSR count). The van der Waals surface area contributed by atoms with Crippen LogP contribution in [0.3, 0.4) is 0 Å². The van der Waals surface area contributed by atoms with Gasteiger partial charge in [0.25, 0.3) is 0 Å². The van der Waals surface area contributed by atoms with Crippen molar-refractivity contribution in [1.82, 2.24) is 5.32 Å². The van der Waals surface area contributed by atoms with Crippen molar-refractivity contribution in [2.24, 2.45) is 5.92 Å². The van der Waals surface area contributed by atoms with E-state index in [2.05, 4.69) is 5.32 Å². The van der Waals surface area contributed by atoms with Crippen molar-refractivity contribution in [2.45, 2.75) is 50.4 Å². The van der Waals surface area contributed by atoms with Crippen LogP contribution in [0.15, 0.2) is 0 Å². The number of nitrogens with one attached hydrogen (secondary N) is 1. The summed E-state index contributed by atoms with van der Waals surface area (Å²) in [5.74, 6) is 1.00. The van der Waals surface area contributed by atoms with Gasteiger partial charge in [0, 0.05) is 6.04 Å². The molecule has 1 N–H and O–H groups in total. The highest BCUT2D eigenvalue weighted by Gasteiger charge is 2.40. The van der Waals surface area contributed by atoms with Crippen LogP contribution in [-0.2, 0) is 4.74 Å². The van der Waals surface area contributed by atoms with Gasteiger partial charge in [0.1, 0.15) is 0 Å². The molecule has 0 aromatic heterocycles. The smallest absolute Gasteiger partial charge is 0.0733 e. The lowest BCUT2D eigenvalue weighted by molar-refractivity contribution is 0.0973. The third kappa shape index (κ3) is 1.27. The molecule has 0 radical (unpaired) electrons. The Morgan fingerprint density at radius 2 is 2.08 bits per heavy atom. The molecule has 2 heterocycles. The van der Waals surface area contributed by atoms with Crippen molar-refractivity contribution < 1.29 is 4.74 Å². The first-order valence-corrected chi connectivity index (χ1v) is 5.30. The maximum absolute atomic E-state index is 5.78. The topological polar surface area (TPSA) is 21.3 Å². The van der Waals surface area contributed by atoms with Crippen molar-refractivity contribution in [2.75, 3.05) is 6.54 Å². The first-order chi connectivity index (χ1) is 5.92. The minimum absolute atomic E-state index is 0.564. The summed E-state index contributed by atoms with van der Waals surface area (Å²) in [4.78, 5) is 0. The van der Waals surface area contributed by atoms with Crippen LogP contribution >= 0.6 is 0 Å². The number of hydrogen-bond donors (Lipinski definition) is 1. The molecule has 0 aromatic rings. The van der Waals surface area contributed by atoms with Crippen molar-refractivity contribution in [3.8, 4) is 0 Å². The van der Waals surface area contributed by atoms with Crippen LogP contribution in [0.4, 0.5) is 0 Å². The zero-order valence-electron chi connectivity index (χ0n) is 7.46. The Bertz CT molecular complexity index is 179. The fourth-order valence-electron chi connectivity index (χ4n) is 2.49. The van der Waals surface area contributed by atoms with Crippen molar-refractivity contribution in [3.63, 3.8) is 0 Å². The van der Waals surface area contributed by atoms with Gasteiger partial charge in [-0.05, 0) is 44.6 Å². The van der Waals surface area contributed by atoms with Crippen molar-refractivity contribution >= 4 is 0 Å². The van der Waals surface area contributed by atoms with E-state index in [4.69, 9.17) is 4.74 Å². The second kappa shape index (κ2) is 2.71. The van der Waals surface area contributed by atoms with E-state index >= 15 is 0 Å². The quantitative estimate of drug-likeness (QED) is 0.684. The van der Waals surface area contributed by atoms with Crippen molar-refractivity contribution in [1.29, 1.82) is 0 Å². The van der Waals surface area contributed by atoms with Crippen LogP contribution in [0.25, 0.3) is 0 Å². The Labute approximate surface area is 73.7 Å². The molecule has 1 aliphatic carbocycles. The van der Waals surface area contributed by atoms with Gasteiger partial charge in [0.05, 0.1) is 12.2 Å². The van der Waals surface area contributed by atoms with Crippen LogP contribution in [0.1, 0.15) is 32.1 Å². The van der Waals surface area contributed by atoms with Crippen LogP contribution < -0.4 is 5.32 Å². The van der Waals surface area contributed by atoms with Crippen molar-refractivity contribution in [3.05, 3.63) is 0 Å². The number of hydrogen-bond acceptors (Lipinski definition) is 2. The molecule has 3 fully saturated rings. The summed E-state index contributed by atoms with van der Waals surface area (Å²) in [6.45, 7) is 1.25. The largest absolute Gasteiger partial charge is 0.373 e. The molecule has 0 spiro atoms. The van der Waals surface area contributed by atoms with E-state index in [1.165, 1.54) is 38.6 Å². The predicted molar refractivity (Wildman–Crippen MR) is 47.0 cm³/mol. The highest BCUT2D eigenvalue weighted by atomic mass is 16.5. The molecular weight excluding hydrogens is 150 g/mol. The fourth-order valence-corrected chi connectivity index (χ4v) is 2.49. The lowest BCUT2D eigenvalue weighted by atomic mass is 9.95. The standard InChI is InChI=1S/C10H17NO/c1-2-7(1)6-11-9-5-8-3-4-10(9)12-8/h7-11H,1-6H2/t8?,9-,10?/m0/s1. The molecule has 0 aromatic carbocycles. The molecule has 2 unspecified atom stereocenters. The van der Waals surface area contributed by atoms with E-state index < -0.39 is 0 Å². The second-order valence-electron chi connectivity index (χ2n) is 4.57. The van der Waals surface area contributed by atoms with Gasteiger partial charge in [-0.2, -0.15) is 0 Å². The summed E-state index contributed by atoms with van der Waals surface area (Å²) in [6.07, 6.45) is 7.96. The Morgan fingerprint density at radius 3 is 2.67 bits per heavy atom. The zero-order chi connectivity index (χ0) is 7.97. The summed E-state index contributed by atoms with van der Waals surface area (Å²) in [7, 11) is 0. The normalized spacial score (nSPS) is 45.5. The summed E-state index contributed by atoms with van der Waals surface area (Å²) in [5.41, 5.74) is 0. The van der Waals surface area contributed by atoms with Gasteiger partial charge in [-0.1, -0.05) is 0 Å². The number of ether oxygens (including phenoxy) is 1. The lowest BCUT2D eigenvalue weighted by Gasteiger charge is -2.19. The van der Waals surface area contributed by atoms with Gasteiger partial charge in [0.15, 0.2) is 0 Å². The maximum Gasteiger partial charge on any atom is 0.0733 e. The zero-order valence-corrected chi connectivity index (χ0v) is 7.46. The van der Waals surface area contributed by atoms with Crippen LogP contribution in [0.5, 0.6) is 0 Å². The van der Waals surface area contributed by atoms with Crippen LogP contribution in [-0.4, -0.2) is 24.8 Å². The first-order valence-electron chi connectivity index (χ1n) is 5.30. The summed E-state index contributed by atoms with van der Waals surface area (Å²) < 4.78 is 5.78. The molecule has 68 valence electrons. The molecule has 2 nitrogen and oxygen atoms in total. The molecule has 1 saturated carbocycles. The van der Waals surface area contributed by atoms with E-state index in [-0.39, 0.29) is 0 Å². The summed E-state index contributed by atoms with van der Waals surface area (Å²) in [6, 6.07) is 0.698. The lowest BCUT2D eigenvalue weighted by Crippen LogP contribution is -2.38. The molecule has 2 saturated heterocycles. The van der Waals surface area contributed by atoms with Gasteiger partial charge in [-0.25, -0.2) is 0 Å². The SMILES string of the molecule is C1CC1CN[C@H]1CC2CCC1O2. The Hall–Kier alpha value is -0.0800. The van der Waals surface area contributed by atoms with E-state index in [0.29, 0.717) is 18.2 Å². The van der Waals surface area contributed by atoms with Gasteiger partial charge < -0.3 is 10.1 Å². The van der Waals surface area contributed by atoms with Gasteiger partial charge in [-0.15, -0.1) is 0 Å². The van der Waals surface area contributed by atoms with Gasteiger partial charge in [-0.3, -0.25) is 0 Å². The Balaban J connectivity index is 1.50. The monoisotopic (exact) mass is 167 g/mol. The van der Waals surface area contributed by atoms with Crippen LogP contribution in [0.2, 0.25) is 0 Å². The number of rotatable bonds is 3. The number of fused-ring (bicyclic) bond motifs is 2. The van der Waals surface area contributed by atoms with E-state index in [1.807, 2.05) is 0 Å². The predicted octanol–water partition coefficient (Wildman–Crippen LogP) is 1.31. The molecule has 3 atom stereocenters. The molecule has 12 heavy (non-hydrogen) atoms. The Morgan fingerprint density at radius 1 is 1.17 bits per heavy atom. The third-order valence-electron chi connectivity index (χ3n) is 3.47. The highest BCUT2D eigenvalue weighted by molar-refractivity contribution is 4.94. The fraction of sp³-hybridized carbons (Fsp3) is 1.00. The van der Waals surface area contributed by atoms with Gasteiger partial charge >= 0.3 is 0 Å². The minimum Gasteiger partial charge on any atom is -0.373 e. The van der Waals surface area contributed by atoms with Crippen LogP contribution in [0, 0.1) is 5.92 Å². The molecule has 0 amide bonds. The average molecular weight is 167 g/mol. The molecule has 2 aliphatic heterocycles. The molecular formula is C10H17NO.